The zero-order valence-electron chi connectivity index (χ0n) is 16.8. The van der Waals surface area contributed by atoms with Gasteiger partial charge in [0.1, 0.15) is 5.70 Å². The second-order valence-corrected chi connectivity index (χ2v) is 7.88. The van der Waals surface area contributed by atoms with Gasteiger partial charge in [0.05, 0.1) is 16.8 Å². The van der Waals surface area contributed by atoms with Crippen molar-refractivity contribution in [2.75, 3.05) is 10.2 Å². The first kappa shape index (κ1) is 22.0. The SMILES string of the molecule is C[C@@H]1CC=C2C(=C(Nc3cccc(C(F)(F)F)c3)C(=O)N2c2cccc(C(F)(F)F)c2)C1. The van der Waals surface area contributed by atoms with Crippen molar-refractivity contribution in [1.82, 2.24) is 0 Å². The smallest absolute Gasteiger partial charge is 0.351 e. The number of hydrogen-bond acceptors (Lipinski definition) is 2. The lowest BCUT2D eigenvalue weighted by atomic mass is 9.90. The highest BCUT2D eigenvalue weighted by molar-refractivity contribution is 6.15. The van der Waals surface area contributed by atoms with Crippen molar-refractivity contribution >= 4 is 17.3 Å². The number of carbonyl (C=O) groups is 1. The maximum atomic E-state index is 13.3. The Morgan fingerprint density at radius 1 is 0.938 bits per heavy atom. The van der Waals surface area contributed by atoms with Crippen LogP contribution in [0.2, 0.25) is 0 Å². The number of nitrogens with zero attached hydrogens (tertiary/aromatic N) is 1. The first-order valence-corrected chi connectivity index (χ1v) is 9.85. The number of benzene rings is 2. The van der Waals surface area contributed by atoms with Gasteiger partial charge in [-0.3, -0.25) is 9.69 Å². The minimum Gasteiger partial charge on any atom is -0.351 e. The van der Waals surface area contributed by atoms with Crippen LogP contribution in [0, 0.1) is 5.92 Å². The molecule has 0 saturated heterocycles. The maximum absolute atomic E-state index is 13.3. The third-order valence-corrected chi connectivity index (χ3v) is 5.43. The molecule has 9 heteroatoms. The summed E-state index contributed by atoms with van der Waals surface area (Å²) in [6.45, 7) is 1.96. The molecular weight excluding hydrogens is 434 g/mol. The van der Waals surface area contributed by atoms with Crippen molar-refractivity contribution in [3.05, 3.63) is 82.7 Å². The molecule has 4 rings (SSSR count). The molecule has 2 aromatic rings. The van der Waals surface area contributed by atoms with Gasteiger partial charge in [0.15, 0.2) is 0 Å². The van der Waals surface area contributed by atoms with E-state index in [0.29, 0.717) is 24.1 Å². The largest absolute Gasteiger partial charge is 0.416 e. The number of alkyl halides is 6. The standard InChI is InChI=1S/C23H18F6N2O/c1-13-8-9-19-18(10-13)20(30-16-6-2-4-14(11-16)22(24,25)26)21(32)31(19)17-7-3-5-15(12-17)23(27,28)29/h2-7,9,11-13,30H,8,10H2,1H3/t13-/m1/s1. The fourth-order valence-electron chi connectivity index (χ4n) is 3.90. The Hall–Kier alpha value is -3.23. The molecule has 1 N–H and O–H groups in total. The molecule has 1 aliphatic carbocycles. The highest BCUT2D eigenvalue weighted by atomic mass is 19.4. The van der Waals surface area contributed by atoms with Gasteiger partial charge in [-0.2, -0.15) is 26.3 Å². The van der Waals surface area contributed by atoms with Gasteiger partial charge in [0.25, 0.3) is 5.91 Å². The molecule has 1 aliphatic heterocycles. The average molecular weight is 452 g/mol. The van der Waals surface area contributed by atoms with E-state index in [9.17, 15) is 31.1 Å². The second kappa shape index (κ2) is 7.72. The monoisotopic (exact) mass is 452 g/mol. The van der Waals surface area contributed by atoms with Crippen LogP contribution in [0.1, 0.15) is 30.9 Å². The number of rotatable bonds is 3. The fourth-order valence-corrected chi connectivity index (χ4v) is 3.90. The minimum atomic E-state index is -4.58. The van der Waals surface area contributed by atoms with Crippen LogP contribution in [-0.2, 0) is 17.1 Å². The van der Waals surface area contributed by atoms with Crippen molar-refractivity contribution in [3.8, 4) is 0 Å². The van der Waals surface area contributed by atoms with Crippen LogP contribution >= 0.6 is 0 Å². The number of carbonyl (C=O) groups excluding carboxylic acids is 1. The van der Waals surface area contributed by atoms with Crippen LogP contribution in [-0.4, -0.2) is 5.91 Å². The Bertz CT molecular complexity index is 1130. The van der Waals surface area contributed by atoms with Crippen LogP contribution in [0.15, 0.2) is 71.6 Å². The Kier molecular flexibility index (Phi) is 5.30. The normalized spacial score (nSPS) is 19.2. The Morgan fingerprint density at radius 2 is 1.56 bits per heavy atom. The van der Waals surface area contributed by atoms with E-state index in [0.717, 1.165) is 24.3 Å². The first-order valence-electron chi connectivity index (χ1n) is 9.85. The number of anilines is 2. The van der Waals surface area contributed by atoms with Crippen LogP contribution in [0.4, 0.5) is 37.7 Å². The van der Waals surface area contributed by atoms with Crippen molar-refractivity contribution in [1.29, 1.82) is 0 Å². The van der Waals surface area contributed by atoms with E-state index >= 15 is 0 Å². The summed E-state index contributed by atoms with van der Waals surface area (Å²) in [4.78, 5) is 14.5. The third-order valence-electron chi connectivity index (χ3n) is 5.43. The topological polar surface area (TPSA) is 32.3 Å². The predicted molar refractivity (Wildman–Crippen MR) is 108 cm³/mol. The molecule has 2 aromatic carbocycles. The van der Waals surface area contributed by atoms with Gasteiger partial charge in [-0.25, -0.2) is 0 Å². The molecule has 0 aromatic heterocycles. The van der Waals surface area contributed by atoms with Crippen LogP contribution in [0.5, 0.6) is 0 Å². The zero-order valence-corrected chi connectivity index (χ0v) is 16.8. The van der Waals surface area contributed by atoms with E-state index in [2.05, 4.69) is 5.32 Å². The second-order valence-electron chi connectivity index (χ2n) is 7.88. The van der Waals surface area contributed by atoms with Gasteiger partial charge in [0.2, 0.25) is 0 Å². The summed E-state index contributed by atoms with van der Waals surface area (Å²) in [5.41, 5.74) is -0.553. The van der Waals surface area contributed by atoms with E-state index in [1.807, 2.05) is 6.92 Å². The van der Waals surface area contributed by atoms with Crippen molar-refractivity contribution < 1.29 is 31.1 Å². The highest BCUT2D eigenvalue weighted by Gasteiger charge is 2.40. The number of fused-ring (bicyclic) bond motifs is 1. The maximum Gasteiger partial charge on any atom is 0.416 e. The van der Waals surface area contributed by atoms with E-state index in [-0.39, 0.29) is 23.0 Å². The van der Waals surface area contributed by atoms with Gasteiger partial charge < -0.3 is 5.32 Å². The number of amides is 1. The van der Waals surface area contributed by atoms with Gasteiger partial charge in [-0.15, -0.1) is 0 Å². The molecule has 1 amide bonds. The zero-order chi connectivity index (χ0) is 23.3. The molecule has 0 bridgehead atoms. The highest BCUT2D eigenvalue weighted by Crippen LogP contribution is 2.43. The van der Waals surface area contributed by atoms with Gasteiger partial charge >= 0.3 is 12.4 Å². The lowest BCUT2D eigenvalue weighted by molar-refractivity contribution is -0.138. The fraction of sp³-hybridized carbons (Fsp3) is 0.261. The Balaban J connectivity index is 1.74. The van der Waals surface area contributed by atoms with Gasteiger partial charge in [-0.05, 0) is 55.2 Å². The van der Waals surface area contributed by atoms with E-state index in [4.69, 9.17) is 0 Å². The predicted octanol–water partition coefficient (Wildman–Crippen LogP) is 6.75. The molecule has 3 nitrogen and oxygen atoms in total. The van der Waals surface area contributed by atoms with E-state index < -0.39 is 29.4 Å². The van der Waals surface area contributed by atoms with Crippen molar-refractivity contribution in [2.45, 2.75) is 32.1 Å². The molecule has 2 aliphatic rings. The molecule has 0 unspecified atom stereocenters. The van der Waals surface area contributed by atoms with Crippen molar-refractivity contribution in [2.24, 2.45) is 5.92 Å². The van der Waals surface area contributed by atoms with Crippen LogP contribution in [0.3, 0.4) is 0 Å². The molecule has 0 saturated carbocycles. The first-order chi connectivity index (χ1) is 14.9. The minimum absolute atomic E-state index is 0.0453. The van der Waals surface area contributed by atoms with Gasteiger partial charge in [0, 0.05) is 16.9 Å². The molecule has 1 atom stereocenters. The van der Waals surface area contributed by atoms with Crippen LogP contribution < -0.4 is 10.2 Å². The summed E-state index contributed by atoms with van der Waals surface area (Å²) in [7, 11) is 0. The van der Waals surface area contributed by atoms with E-state index in [1.54, 1.807) is 6.08 Å². The number of halogens is 6. The summed E-state index contributed by atoms with van der Waals surface area (Å²) >= 11 is 0. The molecular formula is C23H18F6N2O. The number of allylic oxidation sites excluding steroid dienone is 2. The lowest BCUT2D eigenvalue weighted by Crippen LogP contribution is -2.28. The Labute approximate surface area is 180 Å². The molecule has 0 fully saturated rings. The number of hydrogen-bond donors (Lipinski definition) is 1. The quantitative estimate of drug-likeness (QED) is 0.523. The summed E-state index contributed by atoms with van der Waals surface area (Å²) < 4.78 is 78.8. The summed E-state index contributed by atoms with van der Waals surface area (Å²) in [6, 6.07) is 8.86. The summed E-state index contributed by atoms with van der Waals surface area (Å²) in [6.07, 6.45) is -6.26. The molecule has 1 heterocycles. The molecule has 0 radical (unpaired) electrons. The lowest BCUT2D eigenvalue weighted by Gasteiger charge is -2.25. The summed E-state index contributed by atoms with van der Waals surface area (Å²) in [5, 5.41) is 2.79. The molecule has 0 spiro atoms. The molecule has 168 valence electrons. The van der Waals surface area contributed by atoms with Gasteiger partial charge in [-0.1, -0.05) is 25.1 Å². The van der Waals surface area contributed by atoms with Crippen LogP contribution in [0.25, 0.3) is 0 Å². The summed E-state index contributed by atoms with van der Waals surface area (Å²) in [5.74, 6) is -0.446. The average Bonchev–Trinajstić information content (AvgIpc) is 2.98. The number of nitrogens with one attached hydrogen (secondary N) is 1. The molecule has 32 heavy (non-hydrogen) atoms. The third kappa shape index (κ3) is 4.11. The Morgan fingerprint density at radius 3 is 2.22 bits per heavy atom. The van der Waals surface area contributed by atoms with E-state index in [1.165, 1.54) is 29.2 Å². The van der Waals surface area contributed by atoms with Crippen molar-refractivity contribution in [3.63, 3.8) is 0 Å².